The monoisotopic (exact) mass is 840 g/mol. The van der Waals surface area contributed by atoms with Gasteiger partial charge in [0.2, 0.25) is 23.7 Å². The number of methoxy groups -OCH3 is 2. The number of nitrogens with two attached hydrogens (primary N) is 1. The average Bonchev–Trinajstić information content (AvgIpc) is 3.94. The summed E-state index contributed by atoms with van der Waals surface area (Å²) in [5.74, 6) is -0.146. The molecule has 18 nitrogen and oxygen atoms in total. The van der Waals surface area contributed by atoms with Crippen LogP contribution in [-0.2, 0) is 34.1 Å². The Morgan fingerprint density at radius 1 is 0.903 bits per heavy atom. The summed E-state index contributed by atoms with van der Waals surface area (Å²) >= 11 is 0. The molecule has 62 heavy (non-hydrogen) atoms. The molecule has 318 valence electrons. The van der Waals surface area contributed by atoms with Crippen LogP contribution in [-0.4, -0.2) is 92.1 Å². The van der Waals surface area contributed by atoms with Crippen molar-refractivity contribution >= 4 is 52.3 Å². The number of benzene rings is 3. The summed E-state index contributed by atoms with van der Waals surface area (Å²) in [6.07, 6.45) is 6.59. The first-order valence-electron chi connectivity index (χ1n) is 20.0. The van der Waals surface area contributed by atoms with E-state index in [-0.39, 0.29) is 36.4 Å². The molecule has 5 N–H and O–H groups in total. The lowest BCUT2D eigenvalue weighted by Gasteiger charge is -2.27. The van der Waals surface area contributed by atoms with E-state index in [0.717, 1.165) is 32.9 Å². The number of imidazole rings is 1. The molecule has 8 rings (SSSR count). The quantitative estimate of drug-likeness (QED) is 0.0755. The molecule has 1 atom stereocenters. The van der Waals surface area contributed by atoms with Gasteiger partial charge in [-0.05, 0) is 72.9 Å². The number of rotatable bonds is 17. The summed E-state index contributed by atoms with van der Waals surface area (Å²) in [5, 5.41) is 12.7. The second-order valence-corrected chi connectivity index (χ2v) is 14.8. The standard InChI is InChI=1S/C44H44N10O8/c1-60-30-11-8-26(9-12-30)25-62-35-14-10-27(18-36(35)61-2)22-53-40-33(50-44(53)45)19-28(20-48-40)29-21-49-52(23-29)24-38(56)47-17-4-3-16-46-32-7-5-6-31-39(32)43(59)54(42(31)58)34-13-15-37(55)51-41(34)57/h5-12,14,18-21,23,34,46H,3-4,13,15-17,22,24-25H2,1-2H3,(H2,45,50)(H,47,56)(H,51,55,57). The zero-order valence-corrected chi connectivity index (χ0v) is 34.1. The number of fused-ring (bicyclic) bond motifs is 2. The highest BCUT2D eigenvalue weighted by Crippen LogP contribution is 2.33. The van der Waals surface area contributed by atoms with E-state index in [1.807, 2.05) is 53.1 Å². The minimum absolute atomic E-state index is 0.0141. The number of pyridine rings is 1. The largest absolute Gasteiger partial charge is 0.497 e. The molecule has 3 aromatic heterocycles. The van der Waals surface area contributed by atoms with E-state index in [9.17, 15) is 24.0 Å². The van der Waals surface area contributed by atoms with Gasteiger partial charge in [-0.2, -0.15) is 5.10 Å². The SMILES string of the molecule is COc1ccc(COc2ccc(Cn3c(N)nc4cc(-c5cnn(CC(=O)NCCCCNc6cccc7c6C(=O)N(C6CCC(=O)NC6=O)C7=O)c5)cnc43)cc2OC)cc1. The van der Waals surface area contributed by atoms with Gasteiger partial charge in [0.1, 0.15) is 30.5 Å². The molecule has 0 aliphatic carbocycles. The van der Waals surface area contributed by atoms with E-state index in [0.29, 0.717) is 73.4 Å². The summed E-state index contributed by atoms with van der Waals surface area (Å²) in [5.41, 5.74) is 11.9. The average molecular weight is 841 g/mol. The van der Waals surface area contributed by atoms with E-state index in [1.54, 1.807) is 55.7 Å². The van der Waals surface area contributed by atoms with E-state index < -0.39 is 29.7 Å². The third kappa shape index (κ3) is 8.61. The molecule has 1 fully saturated rings. The molecule has 0 saturated carbocycles. The lowest BCUT2D eigenvalue weighted by Crippen LogP contribution is -2.54. The van der Waals surface area contributed by atoms with Crippen LogP contribution in [0.1, 0.15) is 57.5 Å². The van der Waals surface area contributed by atoms with E-state index >= 15 is 0 Å². The van der Waals surface area contributed by atoms with Gasteiger partial charge in [-0.1, -0.05) is 24.3 Å². The van der Waals surface area contributed by atoms with Gasteiger partial charge in [-0.3, -0.25) is 43.4 Å². The molecule has 2 aliphatic rings. The molecule has 5 amide bonds. The molecule has 0 spiro atoms. The van der Waals surface area contributed by atoms with Crippen molar-refractivity contribution in [1.82, 2.24) is 39.8 Å². The van der Waals surface area contributed by atoms with E-state index in [2.05, 4.69) is 26.0 Å². The van der Waals surface area contributed by atoms with Crippen molar-refractivity contribution in [2.75, 3.05) is 38.4 Å². The number of amides is 5. The molecule has 1 unspecified atom stereocenters. The van der Waals surface area contributed by atoms with Crippen molar-refractivity contribution in [3.8, 4) is 28.4 Å². The van der Waals surface area contributed by atoms with Crippen molar-refractivity contribution in [3.05, 3.63) is 108 Å². The van der Waals surface area contributed by atoms with Gasteiger partial charge in [-0.15, -0.1) is 0 Å². The Labute approximate surface area is 355 Å². The molecule has 0 radical (unpaired) electrons. The van der Waals surface area contributed by atoms with Crippen LogP contribution >= 0.6 is 0 Å². The summed E-state index contributed by atoms with van der Waals surface area (Å²) in [4.78, 5) is 73.4. The van der Waals surface area contributed by atoms with Gasteiger partial charge in [0, 0.05) is 48.7 Å². The number of nitrogen functional groups attached to an aromatic ring is 1. The maximum absolute atomic E-state index is 13.3. The highest BCUT2D eigenvalue weighted by molar-refractivity contribution is 6.25. The Morgan fingerprint density at radius 2 is 1.71 bits per heavy atom. The van der Waals surface area contributed by atoms with Gasteiger partial charge in [0.15, 0.2) is 17.1 Å². The van der Waals surface area contributed by atoms with Crippen LogP contribution in [0.25, 0.3) is 22.3 Å². The Bertz CT molecular complexity index is 2690. The van der Waals surface area contributed by atoms with Crippen molar-refractivity contribution in [1.29, 1.82) is 0 Å². The fourth-order valence-electron chi connectivity index (χ4n) is 7.50. The first kappa shape index (κ1) is 41.0. The normalized spacial score (nSPS) is 14.8. The number of hydrogen-bond donors (Lipinski definition) is 4. The van der Waals surface area contributed by atoms with Gasteiger partial charge in [0.05, 0.1) is 38.1 Å². The van der Waals surface area contributed by atoms with Gasteiger partial charge in [-0.25, -0.2) is 9.97 Å². The maximum Gasteiger partial charge on any atom is 0.264 e. The van der Waals surface area contributed by atoms with Crippen LogP contribution in [0, 0.1) is 0 Å². The Morgan fingerprint density at radius 3 is 2.50 bits per heavy atom. The molecule has 2 aliphatic heterocycles. The van der Waals surface area contributed by atoms with Crippen molar-refractivity contribution in [3.63, 3.8) is 0 Å². The fourth-order valence-corrected chi connectivity index (χ4v) is 7.50. The van der Waals surface area contributed by atoms with E-state index in [4.69, 9.17) is 24.9 Å². The fraction of sp³-hybridized carbons (Fsp3) is 0.273. The first-order chi connectivity index (χ1) is 30.1. The van der Waals surface area contributed by atoms with Crippen LogP contribution in [0.15, 0.2) is 85.3 Å². The van der Waals surface area contributed by atoms with Crippen molar-refractivity contribution < 1.29 is 38.2 Å². The minimum atomic E-state index is -1.03. The Kier molecular flexibility index (Phi) is 11.8. The topological polar surface area (TPSA) is 227 Å². The lowest BCUT2D eigenvalue weighted by molar-refractivity contribution is -0.136. The van der Waals surface area contributed by atoms with Crippen LogP contribution in [0.4, 0.5) is 11.6 Å². The number of aromatic nitrogens is 5. The molecule has 1 saturated heterocycles. The van der Waals surface area contributed by atoms with E-state index in [1.165, 1.54) is 0 Å². The van der Waals surface area contributed by atoms with Crippen molar-refractivity contribution in [2.45, 2.75) is 51.4 Å². The number of ether oxygens (including phenoxy) is 3. The Hall–Kier alpha value is -7.76. The summed E-state index contributed by atoms with van der Waals surface area (Å²) in [6, 6.07) is 19.2. The Balaban J connectivity index is 0.806. The maximum atomic E-state index is 13.3. The highest BCUT2D eigenvalue weighted by Gasteiger charge is 2.45. The summed E-state index contributed by atoms with van der Waals surface area (Å²) in [6.45, 7) is 1.67. The molecule has 5 heterocycles. The molecule has 0 bridgehead atoms. The van der Waals surface area contributed by atoms with Gasteiger partial charge < -0.3 is 30.6 Å². The van der Waals surface area contributed by atoms with Crippen LogP contribution in [0.5, 0.6) is 17.2 Å². The smallest absolute Gasteiger partial charge is 0.264 e. The number of imide groups is 2. The number of carbonyl (C=O) groups excluding carboxylic acids is 5. The number of carbonyl (C=O) groups is 5. The predicted molar refractivity (Wildman–Crippen MR) is 226 cm³/mol. The van der Waals surface area contributed by atoms with Crippen LogP contribution < -0.4 is 35.9 Å². The number of piperidine rings is 1. The molecule has 3 aromatic carbocycles. The lowest BCUT2D eigenvalue weighted by atomic mass is 10.0. The molecule has 6 aromatic rings. The third-order valence-electron chi connectivity index (χ3n) is 10.7. The van der Waals surface area contributed by atoms with Gasteiger partial charge in [0.25, 0.3) is 11.8 Å². The number of unbranched alkanes of at least 4 members (excludes halogenated alkanes) is 1. The zero-order valence-electron chi connectivity index (χ0n) is 34.1. The van der Waals surface area contributed by atoms with Crippen molar-refractivity contribution in [2.24, 2.45) is 0 Å². The summed E-state index contributed by atoms with van der Waals surface area (Å²) < 4.78 is 20.3. The van der Waals surface area contributed by atoms with Crippen LogP contribution in [0.3, 0.4) is 0 Å². The second-order valence-electron chi connectivity index (χ2n) is 14.8. The zero-order chi connectivity index (χ0) is 43.3. The van der Waals surface area contributed by atoms with Gasteiger partial charge >= 0.3 is 0 Å². The number of nitrogens with zero attached hydrogens (tertiary/aromatic N) is 6. The summed E-state index contributed by atoms with van der Waals surface area (Å²) in [7, 11) is 3.22. The third-order valence-corrected chi connectivity index (χ3v) is 10.7. The number of nitrogens with one attached hydrogen (secondary N) is 3. The second kappa shape index (κ2) is 17.8. The number of anilines is 2. The molecule has 18 heteroatoms. The van der Waals surface area contributed by atoms with Crippen LogP contribution in [0.2, 0.25) is 0 Å². The predicted octanol–water partition coefficient (Wildman–Crippen LogP) is 3.93. The molecular formula is C44H44N10O8. The minimum Gasteiger partial charge on any atom is -0.497 e. The number of hydrogen-bond acceptors (Lipinski definition) is 13. The highest BCUT2D eigenvalue weighted by atomic mass is 16.5. The molecular weight excluding hydrogens is 797 g/mol. The first-order valence-corrected chi connectivity index (χ1v) is 20.0.